The summed E-state index contributed by atoms with van der Waals surface area (Å²) in [5.41, 5.74) is 12.2. The molecule has 5 heteroatoms. The zero-order valence-electron chi connectivity index (χ0n) is 35.4. The maximum absolute atomic E-state index is 11.2. The first kappa shape index (κ1) is 36.7. The van der Waals surface area contributed by atoms with Gasteiger partial charge in [-0.1, -0.05) is 120 Å². The molecule has 1 aliphatic rings. The van der Waals surface area contributed by atoms with Gasteiger partial charge in [0.15, 0.2) is 0 Å². The van der Waals surface area contributed by atoms with Crippen LogP contribution in [0.1, 0.15) is 59.1 Å². The third-order valence-corrected chi connectivity index (χ3v) is 13.1. The summed E-state index contributed by atoms with van der Waals surface area (Å²) in [4.78, 5) is 4.25. The number of nitriles is 1. The molecule has 0 aliphatic heterocycles. The molecular formula is C56H45N5. The van der Waals surface area contributed by atoms with E-state index in [1.807, 2.05) is 0 Å². The van der Waals surface area contributed by atoms with Gasteiger partial charge in [0, 0.05) is 55.8 Å². The van der Waals surface area contributed by atoms with E-state index in [4.69, 9.17) is 6.57 Å². The van der Waals surface area contributed by atoms with Crippen molar-refractivity contribution in [3.8, 4) is 11.8 Å². The van der Waals surface area contributed by atoms with Crippen molar-refractivity contribution in [2.45, 2.75) is 58.8 Å². The molecule has 0 N–H and O–H groups in total. The number of hydrogen-bond donors (Lipinski definition) is 0. The largest absolute Gasteiger partial charge is 0.322 e. The summed E-state index contributed by atoms with van der Waals surface area (Å²) in [7, 11) is 0. The van der Waals surface area contributed by atoms with Crippen LogP contribution in [0.25, 0.3) is 98.1 Å². The Kier molecular flexibility index (Phi) is 7.87. The number of fused-ring (bicyclic) bond motifs is 11. The SMILES string of the molecule is [C-]#[N+]C1=C(n2c3ccc(C(C)(C)C)cc3c3cc(C(C)(C)C)ccc32)C(C#N)CC(n2c3ccc(-n4c5ccccc5c5ccccc54)cc3c3c4ccccc4ccc32)=C1. The van der Waals surface area contributed by atoms with Crippen LogP contribution < -0.4 is 0 Å². The average Bonchev–Trinajstić information content (AvgIpc) is 3.90. The minimum Gasteiger partial charge on any atom is -0.322 e. The molecule has 0 fully saturated rings. The summed E-state index contributed by atoms with van der Waals surface area (Å²) >= 11 is 0. The van der Waals surface area contributed by atoms with Gasteiger partial charge in [0.25, 0.3) is 0 Å². The molecule has 0 amide bonds. The molecule has 0 saturated carbocycles. The molecule has 10 aromatic rings. The number of allylic oxidation sites excluding steroid dienone is 3. The van der Waals surface area contributed by atoms with Crippen LogP contribution in [0.15, 0.2) is 151 Å². The predicted octanol–water partition coefficient (Wildman–Crippen LogP) is 14.9. The van der Waals surface area contributed by atoms with Crippen molar-refractivity contribution in [2.24, 2.45) is 5.92 Å². The number of aromatic nitrogens is 3. The van der Waals surface area contributed by atoms with E-state index in [1.54, 1.807) is 0 Å². The zero-order valence-corrected chi connectivity index (χ0v) is 35.4. The molecule has 0 spiro atoms. The van der Waals surface area contributed by atoms with Crippen LogP contribution in [0.5, 0.6) is 0 Å². The fraction of sp³-hybridized carbons (Fsp3) is 0.179. The average molecular weight is 788 g/mol. The minimum absolute atomic E-state index is 0.0410. The van der Waals surface area contributed by atoms with Gasteiger partial charge >= 0.3 is 0 Å². The quantitative estimate of drug-likeness (QED) is 0.164. The Morgan fingerprint density at radius 2 is 1.07 bits per heavy atom. The second-order valence-corrected chi connectivity index (χ2v) is 18.8. The van der Waals surface area contributed by atoms with Crippen LogP contribution in [0.4, 0.5) is 0 Å². The van der Waals surface area contributed by atoms with Crippen LogP contribution in [-0.2, 0) is 10.8 Å². The molecule has 1 aliphatic carbocycles. The molecule has 61 heavy (non-hydrogen) atoms. The van der Waals surface area contributed by atoms with E-state index in [-0.39, 0.29) is 10.8 Å². The maximum atomic E-state index is 11.2. The van der Waals surface area contributed by atoms with E-state index >= 15 is 0 Å². The fourth-order valence-electron chi connectivity index (χ4n) is 10.0. The van der Waals surface area contributed by atoms with Gasteiger partial charge in [-0.25, -0.2) is 4.85 Å². The van der Waals surface area contributed by atoms with Gasteiger partial charge in [-0.3, -0.25) is 0 Å². The van der Waals surface area contributed by atoms with Crippen LogP contribution in [0.3, 0.4) is 0 Å². The van der Waals surface area contributed by atoms with E-state index in [1.165, 1.54) is 32.7 Å². The van der Waals surface area contributed by atoms with E-state index in [9.17, 15) is 5.26 Å². The maximum Gasteiger partial charge on any atom is 0.209 e. The molecule has 11 rings (SSSR count). The Balaban J connectivity index is 1.18. The lowest BCUT2D eigenvalue weighted by Crippen LogP contribution is -2.16. The van der Waals surface area contributed by atoms with E-state index in [0.717, 1.165) is 71.7 Å². The lowest BCUT2D eigenvalue weighted by Gasteiger charge is -2.26. The molecule has 7 aromatic carbocycles. The van der Waals surface area contributed by atoms with Crippen LogP contribution in [0, 0.1) is 23.8 Å². The second-order valence-electron chi connectivity index (χ2n) is 18.8. The topological polar surface area (TPSA) is 42.9 Å². The van der Waals surface area contributed by atoms with Crippen molar-refractivity contribution in [3.63, 3.8) is 0 Å². The summed E-state index contributed by atoms with van der Waals surface area (Å²) < 4.78 is 6.91. The van der Waals surface area contributed by atoms with Gasteiger partial charge in [0.05, 0.1) is 51.7 Å². The van der Waals surface area contributed by atoms with Gasteiger partial charge in [0.1, 0.15) is 0 Å². The summed E-state index contributed by atoms with van der Waals surface area (Å²) in [6.07, 6.45) is 2.50. The van der Waals surface area contributed by atoms with Crippen LogP contribution in [0.2, 0.25) is 0 Å². The first-order chi connectivity index (χ1) is 29.4. The molecule has 1 unspecified atom stereocenters. The highest BCUT2D eigenvalue weighted by Crippen LogP contribution is 2.46. The number of rotatable bonds is 3. The Bertz CT molecular complexity index is 3540. The zero-order chi connectivity index (χ0) is 41.9. The van der Waals surface area contributed by atoms with Crippen LogP contribution >= 0.6 is 0 Å². The molecule has 0 bridgehead atoms. The number of benzene rings is 7. The number of nitrogens with zero attached hydrogens (tertiary/aromatic N) is 5. The molecule has 3 heterocycles. The van der Waals surface area contributed by atoms with Crippen molar-refractivity contribution in [2.75, 3.05) is 0 Å². The molecule has 294 valence electrons. The Hall–Kier alpha value is -7.34. The molecular weight excluding hydrogens is 743 g/mol. The number of para-hydroxylation sites is 2. The van der Waals surface area contributed by atoms with E-state index in [2.05, 4.69) is 212 Å². The van der Waals surface area contributed by atoms with Gasteiger partial charge in [-0.2, -0.15) is 5.26 Å². The standard InChI is InChI=1S/C56H45N5/c1-55(2,3)36-21-25-49-43(29-36)44-30-37(56(4,5)6)22-26-50(44)61(49)54-35(33-57)28-39(32-46(54)58-7)60-51-27-23-38(31-45(51)53-40-15-9-8-14-34(40)20-24-52(53)60)59-47-18-12-10-16-41(47)42-17-11-13-19-48(42)59/h8-27,29-32,35H,28H2,1-6H3. The Morgan fingerprint density at radius 1 is 0.541 bits per heavy atom. The van der Waals surface area contributed by atoms with Crippen molar-refractivity contribution >= 4 is 87.6 Å². The smallest absolute Gasteiger partial charge is 0.209 e. The lowest BCUT2D eigenvalue weighted by atomic mass is 9.85. The summed E-state index contributed by atoms with van der Waals surface area (Å²) in [5.74, 6) is -0.572. The van der Waals surface area contributed by atoms with Crippen molar-refractivity contribution in [3.05, 3.63) is 174 Å². The Morgan fingerprint density at radius 3 is 1.66 bits per heavy atom. The normalized spacial score (nSPS) is 15.1. The van der Waals surface area contributed by atoms with E-state index < -0.39 is 5.92 Å². The van der Waals surface area contributed by atoms with Crippen molar-refractivity contribution in [1.82, 2.24) is 13.7 Å². The lowest BCUT2D eigenvalue weighted by molar-refractivity contribution is 0.590. The number of hydrogen-bond acceptors (Lipinski definition) is 1. The molecule has 1 atom stereocenters. The van der Waals surface area contributed by atoms with Crippen molar-refractivity contribution < 1.29 is 0 Å². The highest BCUT2D eigenvalue weighted by atomic mass is 15.0. The second kappa shape index (κ2) is 13.1. The highest BCUT2D eigenvalue weighted by molar-refractivity contribution is 6.22. The summed E-state index contributed by atoms with van der Waals surface area (Å²) in [6, 6.07) is 53.2. The molecule has 3 aromatic heterocycles. The first-order valence-electron chi connectivity index (χ1n) is 21.2. The highest BCUT2D eigenvalue weighted by Gasteiger charge is 2.31. The van der Waals surface area contributed by atoms with Gasteiger partial charge in [-0.05, 0) is 99.5 Å². The van der Waals surface area contributed by atoms with Crippen molar-refractivity contribution in [1.29, 1.82) is 5.26 Å². The van der Waals surface area contributed by atoms with Gasteiger partial charge in [0.2, 0.25) is 5.70 Å². The third-order valence-electron chi connectivity index (χ3n) is 13.1. The minimum atomic E-state index is -0.572. The predicted molar refractivity (Wildman–Crippen MR) is 256 cm³/mol. The Labute approximate surface area is 355 Å². The van der Waals surface area contributed by atoms with Gasteiger partial charge in [-0.15, -0.1) is 0 Å². The molecule has 5 nitrogen and oxygen atoms in total. The monoisotopic (exact) mass is 787 g/mol. The fourth-order valence-corrected chi connectivity index (χ4v) is 10.0. The van der Waals surface area contributed by atoms with Gasteiger partial charge < -0.3 is 13.7 Å². The summed E-state index contributed by atoms with van der Waals surface area (Å²) in [6.45, 7) is 22.2. The third kappa shape index (κ3) is 5.44. The van der Waals surface area contributed by atoms with Crippen LogP contribution in [-0.4, -0.2) is 13.7 Å². The first-order valence-corrected chi connectivity index (χ1v) is 21.2. The molecule has 0 radical (unpaired) electrons. The summed E-state index contributed by atoms with van der Waals surface area (Å²) in [5, 5.41) is 20.6. The van der Waals surface area contributed by atoms with E-state index in [0.29, 0.717) is 12.1 Å². The molecule has 0 saturated heterocycles.